The Bertz CT molecular complexity index is 395. The van der Waals surface area contributed by atoms with Gasteiger partial charge in [-0.2, -0.15) is 11.8 Å². The number of likely N-dealkylation sites (N-methyl/N-ethyl adjacent to an activating group) is 1. The van der Waals surface area contributed by atoms with Gasteiger partial charge < -0.3 is 15.5 Å². The van der Waals surface area contributed by atoms with Crippen LogP contribution in [-0.2, 0) is 4.79 Å². The van der Waals surface area contributed by atoms with Crippen molar-refractivity contribution >= 4 is 47.6 Å². The number of hydrogen-bond acceptors (Lipinski definition) is 4. The van der Waals surface area contributed by atoms with Gasteiger partial charge in [0.1, 0.15) is 0 Å². The average Bonchev–Trinajstić information content (AvgIpc) is 3.04. The van der Waals surface area contributed by atoms with Crippen molar-refractivity contribution in [3.8, 4) is 0 Å². The number of likely N-dealkylation sites (tertiary alicyclic amines) is 1. The second kappa shape index (κ2) is 14.9. The molecule has 1 atom stereocenters. The standard InChI is InChI=1S/C17H35N5OS.HI/c1-18-17(19-10-5-6-14-24-4)20-11-8-13-22-12-7-9-15(22)16(23)21(2)3;/h15H,5-14H2,1-4H3,(H2,18,19,20);1H. The van der Waals surface area contributed by atoms with Crippen molar-refractivity contribution in [3.63, 3.8) is 0 Å². The maximum atomic E-state index is 12.2. The smallest absolute Gasteiger partial charge is 0.239 e. The zero-order valence-electron chi connectivity index (χ0n) is 16.2. The van der Waals surface area contributed by atoms with E-state index < -0.39 is 0 Å². The molecule has 1 fully saturated rings. The van der Waals surface area contributed by atoms with Crippen LogP contribution in [0.2, 0.25) is 0 Å². The summed E-state index contributed by atoms with van der Waals surface area (Å²) in [6.45, 7) is 3.84. The minimum Gasteiger partial charge on any atom is -0.356 e. The zero-order chi connectivity index (χ0) is 17.8. The number of carbonyl (C=O) groups excluding carboxylic acids is 1. The van der Waals surface area contributed by atoms with Gasteiger partial charge >= 0.3 is 0 Å². The summed E-state index contributed by atoms with van der Waals surface area (Å²) < 4.78 is 0. The molecule has 25 heavy (non-hydrogen) atoms. The van der Waals surface area contributed by atoms with E-state index in [2.05, 4.69) is 26.8 Å². The van der Waals surface area contributed by atoms with E-state index in [4.69, 9.17) is 0 Å². The first-order chi connectivity index (χ1) is 11.6. The highest BCUT2D eigenvalue weighted by atomic mass is 127. The lowest BCUT2D eigenvalue weighted by atomic mass is 10.2. The van der Waals surface area contributed by atoms with Gasteiger partial charge in [-0.3, -0.25) is 14.7 Å². The number of thioether (sulfide) groups is 1. The molecule has 0 aliphatic carbocycles. The molecule has 6 nitrogen and oxygen atoms in total. The lowest BCUT2D eigenvalue weighted by molar-refractivity contribution is -0.133. The fourth-order valence-electron chi connectivity index (χ4n) is 2.96. The van der Waals surface area contributed by atoms with Crippen molar-refractivity contribution in [2.75, 3.05) is 59.3 Å². The molecule has 0 radical (unpaired) electrons. The minimum absolute atomic E-state index is 0. The van der Waals surface area contributed by atoms with E-state index in [1.54, 1.807) is 4.90 Å². The third-order valence-corrected chi connectivity index (χ3v) is 4.99. The highest BCUT2D eigenvalue weighted by Gasteiger charge is 2.30. The summed E-state index contributed by atoms with van der Waals surface area (Å²) >= 11 is 1.89. The van der Waals surface area contributed by atoms with Gasteiger partial charge in [0.2, 0.25) is 5.91 Å². The first-order valence-corrected chi connectivity index (χ1v) is 10.4. The Hall–Kier alpha value is -0.220. The number of hydrogen-bond donors (Lipinski definition) is 2. The van der Waals surface area contributed by atoms with E-state index >= 15 is 0 Å². The summed E-state index contributed by atoms with van der Waals surface area (Å²) in [4.78, 5) is 20.5. The van der Waals surface area contributed by atoms with Crippen molar-refractivity contribution in [2.45, 2.75) is 38.1 Å². The second-order valence-corrected chi connectivity index (χ2v) is 7.39. The van der Waals surface area contributed by atoms with Crippen LogP contribution in [0.4, 0.5) is 0 Å². The lowest BCUT2D eigenvalue weighted by Crippen LogP contribution is -2.44. The molecule has 0 aromatic carbocycles. The highest BCUT2D eigenvalue weighted by Crippen LogP contribution is 2.18. The van der Waals surface area contributed by atoms with E-state index in [1.165, 1.54) is 18.6 Å². The first-order valence-electron chi connectivity index (χ1n) is 8.98. The fourth-order valence-corrected chi connectivity index (χ4v) is 3.45. The van der Waals surface area contributed by atoms with Crippen LogP contribution in [0, 0.1) is 0 Å². The summed E-state index contributed by atoms with van der Waals surface area (Å²) in [5.41, 5.74) is 0. The van der Waals surface area contributed by atoms with Gasteiger partial charge in [-0.1, -0.05) is 0 Å². The number of aliphatic imine (C=N–C) groups is 1. The molecule has 0 aromatic rings. The zero-order valence-corrected chi connectivity index (χ0v) is 19.4. The summed E-state index contributed by atoms with van der Waals surface area (Å²) in [6, 6.07) is 0.0777. The van der Waals surface area contributed by atoms with Gasteiger partial charge in [0.25, 0.3) is 0 Å². The molecule has 148 valence electrons. The van der Waals surface area contributed by atoms with Gasteiger partial charge in [0.05, 0.1) is 6.04 Å². The summed E-state index contributed by atoms with van der Waals surface area (Å²) in [5.74, 6) is 2.33. The molecular weight excluding hydrogens is 449 g/mol. The predicted octanol–water partition coefficient (Wildman–Crippen LogP) is 1.86. The molecule has 2 N–H and O–H groups in total. The Morgan fingerprint density at radius 1 is 1.24 bits per heavy atom. The molecule has 1 amide bonds. The van der Waals surface area contributed by atoms with Gasteiger partial charge in [-0.05, 0) is 50.7 Å². The van der Waals surface area contributed by atoms with Crippen LogP contribution in [0.1, 0.15) is 32.1 Å². The van der Waals surface area contributed by atoms with Crippen LogP contribution in [0.5, 0.6) is 0 Å². The predicted molar refractivity (Wildman–Crippen MR) is 120 cm³/mol. The Kier molecular flexibility index (Phi) is 14.8. The molecule has 1 saturated heterocycles. The molecule has 1 heterocycles. The number of nitrogens with one attached hydrogen (secondary N) is 2. The number of nitrogens with zero attached hydrogens (tertiary/aromatic N) is 3. The van der Waals surface area contributed by atoms with Crippen molar-refractivity contribution in [3.05, 3.63) is 0 Å². The molecule has 0 spiro atoms. The van der Waals surface area contributed by atoms with E-state index in [-0.39, 0.29) is 35.9 Å². The minimum atomic E-state index is 0. The van der Waals surface area contributed by atoms with Crippen molar-refractivity contribution in [2.24, 2.45) is 4.99 Å². The second-order valence-electron chi connectivity index (χ2n) is 6.41. The number of halogens is 1. The Labute approximate surface area is 175 Å². The molecule has 1 unspecified atom stereocenters. The van der Waals surface area contributed by atoms with Crippen LogP contribution in [0.15, 0.2) is 4.99 Å². The number of amides is 1. The fraction of sp³-hybridized carbons (Fsp3) is 0.882. The van der Waals surface area contributed by atoms with E-state index in [1.807, 2.05) is 32.9 Å². The molecule has 0 aromatic heterocycles. The maximum absolute atomic E-state index is 12.2. The molecular formula is C17H36IN5OS. The number of guanidine groups is 1. The van der Waals surface area contributed by atoms with E-state index in [9.17, 15) is 4.79 Å². The Balaban J connectivity index is 0.00000576. The van der Waals surface area contributed by atoms with E-state index in [0.29, 0.717) is 0 Å². The molecule has 1 rings (SSSR count). The largest absolute Gasteiger partial charge is 0.356 e. The molecule has 1 aliphatic heterocycles. The highest BCUT2D eigenvalue weighted by molar-refractivity contribution is 14.0. The molecule has 0 saturated carbocycles. The normalized spacial score (nSPS) is 17.9. The average molecular weight is 485 g/mol. The quantitative estimate of drug-likeness (QED) is 0.214. The van der Waals surface area contributed by atoms with Gasteiger partial charge in [0, 0.05) is 40.8 Å². The Morgan fingerprint density at radius 2 is 1.92 bits per heavy atom. The van der Waals surface area contributed by atoms with Crippen molar-refractivity contribution in [1.82, 2.24) is 20.4 Å². The molecule has 8 heteroatoms. The maximum Gasteiger partial charge on any atom is 0.239 e. The number of unbranched alkanes of at least 4 members (excludes halogenated alkanes) is 1. The topological polar surface area (TPSA) is 60.0 Å². The molecule has 0 bridgehead atoms. The number of rotatable bonds is 10. The summed E-state index contributed by atoms with van der Waals surface area (Å²) in [5, 5.41) is 6.72. The summed E-state index contributed by atoms with van der Waals surface area (Å²) in [6.07, 6.45) is 7.68. The number of carbonyl (C=O) groups is 1. The third-order valence-electron chi connectivity index (χ3n) is 4.30. The van der Waals surface area contributed by atoms with Crippen LogP contribution >= 0.6 is 35.7 Å². The van der Waals surface area contributed by atoms with Crippen molar-refractivity contribution < 1.29 is 4.79 Å². The SMILES string of the molecule is CN=C(NCCCCSC)NCCCN1CCCC1C(=O)N(C)C.I. The van der Waals surface area contributed by atoms with Crippen LogP contribution in [0.25, 0.3) is 0 Å². The van der Waals surface area contributed by atoms with Crippen LogP contribution < -0.4 is 10.6 Å². The van der Waals surface area contributed by atoms with E-state index in [0.717, 1.165) is 51.4 Å². The van der Waals surface area contributed by atoms with Crippen LogP contribution in [0.3, 0.4) is 0 Å². The Morgan fingerprint density at radius 3 is 2.52 bits per heavy atom. The van der Waals surface area contributed by atoms with Crippen molar-refractivity contribution in [1.29, 1.82) is 0 Å². The monoisotopic (exact) mass is 485 g/mol. The summed E-state index contributed by atoms with van der Waals surface area (Å²) in [7, 11) is 5.49. The molecule has 1 aliphatic rings. The van der Waals surface area contributed by atoms with Gasteiger partial charge in [-0.15, -0.1) is 24.0 Å². The van der Waals surface area contributed by atoms with Gasteiger partial charge in [-0.25, -0.2) is 0 Å². The first kappa shape index (κ1) is 24.8. The van der Waals surface area contributed by atoms with Crippen LogP contribution in [-0.4, -0.2) is 87.0 Å². The lowest BCUT2D eigenvalue weighted by Gasteiger charge is -2.26. The van der Waals surface area contributed by atoms with Gasteiger partial charge in [0.15, 0.2) is 5.96 Å². The third kappa shape index (κ3) is 9.89.